The van der Waals surface area contributed by atoms with Crippen molar-refractivity contribution in [2.45, 2.75) is 42.4 Å². The lowest BCUT2D eigenvalue weighted by molar-refractivity contribution is -0.123. The van der Waals surface area contributed by atoms with Gasteiger partial charge >= 0.3 is 6.61 Å². The van der Waals surface area contributed by atoms with Gasteiger partial charge in [0.25, 0.3) is 0 Å². The van der Waals surface area contributed by atoms with Crippen LogP contribution < -0.4 is 4.74 Å². The number of sulfonamides is 1. The second-order valence-electron chi connectivity index (χ2n) is 7.77. The summed E-state index contributed by atoms with van der Waals surface area (Å²) in [6.07, 6.45) is 2.59. The Bertz CT molecular complexity index is 791. The molecular formula is C19H26F2N2O5S. The summed E-state index contributed by atoms with van der Waals surface area (Å²) in [5.74, 6) is -0.0688. The van der Waals surface area contributed by atoms with Crippen LogP contribution in [0.4, 0.5) is 8.78 Å². The average Bonchev–Trinajstić information content (AvgIpc) is 3.23. The molecule has 0 N–H and O–H groups in total. The number of hydrogen-bond donors (Lipinski definition) is 0. The topological polar surface area (TPSA) is 68.3 Å². The third kappa shape index (κ3) is 4.56. The molecule has 1 unspecified atom stereocenters. The molecule has 3 saturated heterocycles. The minimum Gasteiger partial charge on any atom is -0.435 e. The standard InChI is InChI=1S/C19H26F2N2O5S/c20-18(21)28-16-1-3-17(4-2-16)29(24,25)23-10-12-27-19(14-23)6-8-22(9-7-19)15-5-11-26-13-15/h1-4,15,18H,5-14H2. The molecule has 0 aliphatic carbocycles. The van der Waals surface area contributed by atoms with Crippen LogP contribution in [0.15, 0.2) is 29.2 Å². The van der Waals surface area contributed by atoms with Gasteiger partial charge in [0.15, 0.2) is 0 Å². The lowest BCUT2D eigenvalue weighted by atomic mass is 9.89. The molecule has 0 saturated carbocycles. The van der Waals surface area contributed by atoms with E-state index in [1.54, 1.807) is 0 Å². The monoisotopic (exact) mass is 432 g/mol. The summed E-state index contributed by atoms with van der Waals surface area (Å²) in [5.41, 5.74) is -0.472. The average molecular weight is 432 g/mol. The fourth-order valence-corrected chi connectivity index (χ4v) is 5.86. The van der Waals surface area contributed by atoms with E-state index in [9.17, 15) is 17.2 Å². The number of nitrogens with zero attached hydrogens (tertiary/aromatic N) is 2. The van der Waals surface area contributed by atoms with E-state index in [4.69, 9.17) is 9.47 Å². The van der Waals surface area contributed by atoms with E-state index in [-0.39, 0.29) is 17.2 Å². The van der Waals surface area contributed by atoms with Crippen LogP contribution in [-0.4, -0.2) is 81.9 Å². The molecule has 0 aromatic heterocycles. The van der Waals surface area contributed by atoms with E-state index in [0.29, 0.717) is 19.2 Å². The lowest BCUT2D eigenvalue weighted by Crippen LogP contribution is -2.59. The number of hydrogen-bond acceptors (Lipinski definition) is 6. The van der Waals surface area contributed by atoms with Crippen molar-refractivity contribution in [3.05, 3.63) is 24.3 Å². The summed E-state index contributed by atoms with van der Waals surface area (Å²) < 4.78 is 68.0. The van der Waals surface area contributed by atoms with E-state index < -0.39 is 22.2 Å². The highest BCUT2D eigenvalue weighted by Gasteiger charge is 2.44. The molecule has 1 spiro atoms. The van der Waals surface area contributed by atoms with Gasteiger partial charge in [0.1, 0.15) is 5.75 Å². The fraction of sp³-hybridized carbons (Fsp3) is 0.684. The van der Waals surface area contributed by atoms with Crippen LogP contribution >= 0.6 is 0 Å². The minimum atomic E-state index is -3.74. The van der Waals surface area contributed by atoms with Gasteiger partial charge in [0.05, 0.1) is 23.7 Å². The van der Waals surface area contributed by atoms with Gasteiger partial charge in [-0.25, -0.2) is 8.42 Å². The molecule has 3 heterocycles. The summed E-state index contributed by atoms with van der Waals surface area (Å²) in [6, 6.07) is 5.55. The van der Waals surface area contributed by atoms with Gasteiger partial charge in [0, 0.05) is 38.8 Å². The minimum absolute atomic E-state index is 0.0664. The Morgan fingerprint density at radius 1 is 1.10 bits per heavy atom. The summed E-state index contributed by atoms with van der Waals surface area (Å²) in [7, 11) is -3.74. The van der Waals surface area contributed by atoms with E-state index >= 15 is 0 Å². The first kappa shape index (κ1) is 20.9. The molecule has 0 amide bonds. The summed E-state index contributed by atoms with van der Waals surface area (Å²) >= 11 is 0. The Hall–Kier alpha value is -1.33. The zero-order valence-electron chi connectivity index (χ0n) is 16.1. The largest absolute Gasteiger partial charge is 0.435 e. The predicted octanol–water partition coefficient (Wildman–Crippen LogP) is 1.93. The Morgan fingerprint density at radius 3 is 2.45 bits per heavy atom. The van der Waals surface area contributed by atoms with Gasteiger partial charge in [0.2, 0.25) is 10.0 Å². The van der Waals surface area contributed by atoms with Crippen molar-refractivity contribution < 1.29 is 31.4 Å². The second-order valence-corrected chi connectivity index (χ2v) is 9.71. The number of likely N-dealkylation sites (tertiary alicyclic amines) is 1. The van der Waals surface area contributed by atoms with Crippen molar-refractivity contribution in [3.8, 4) is 5.75 Å². The Labute approximate surface area is 169 Å². The molecule has 0 bridgehead atoms. The molecule has 7 nitrogen and oxygen atoms in total. The molecule has 3 aliphatic heterocycles. The van der Waals surface area contributed by atoms with Gasteiger partial charge in [-0.15, -0.1) is 0 Å². The maximum atomic E-state index is 13.1. The molecule has 3 fully saturated rings. The second kappa shape index (κ2) is 8.43. The quantitative estimate of drug-likeness (QED) is 0.708. The van der Waals surface area contributed by atoms with Crippen LogP contribution in [0.2, 0.25) is 0 Å². The summed E-state index contributed by atoms with van der Waals surface area (Å²) in [6.45, 7) is 1.27. The number of ether oxygens (including phenoxy) is 3. The first-order valence-electron chi connectivity index (χ1n) is 9.89. The van der Waals surface area contributed by atoms with Crippen LogP contribution in [-0.2, 0) is 19.5 Å². The number of morpholine rings is 1. The van der Waals surface area contributed by atoms with E-state index in [0.717, 1.165) is 45.6 Å². The van der Waals surface area contributed by atoms with Crippen molar-refractivity contribution in [3.63, 3.8) is 0 Å². The van der Waals surface area contributed by atoms with Crippen molar-refractivity contribution in [2.75, 3.05) is 46.0 Å². The van der Waals surface area contributed by atoms with Crippen LogP contribution in [0.5, 0.6) is 5.75 Å². The highest BCUT2D eigenvalue weighted by molar-refractivity contribution is 7.89. The highest BCUT2D eigenvalue weighted by atomic mass is 32.2. The zero-order valence-corrected chi connectivity index (χ0v) is 17.0. The molecular weight excluding hydrogens is 406 g/mol. The lowest BCUT2D eigenvalue weighted by Gasteiger charge is -2.47. The Morgan fingerprint density at radius 2 is 1.83 bits per heavy atom. The normalized spacial score (nSPS) is 26.2. The number of piperidine rings is 1. The van der Waals surface area contributed by atoms with Gasteiger partial charge in [-0.05, 0) is 43.5 Å². The Balaban J connectivity index is 1.42. The SMILES string of the molecule is O=S(=O)(c1ccc(OC(F)F)cc1)N1CCOC2(CCN(C3CCOC3)CC2)C1. The first-order chi connectivity index (χ1) is 13.9. The van der Waals surface area contributed by atoms with Crippen molar-refractivity contribution >= 4 is 10.0 Å². The third-order valence-electron chi connectivity index (χ3n) is 6.03. The predicted molar refractivity (Wildman–Crippen MR) is 101 cm³/mol. The Kier molecular flexibility index (Phi) is 6.08. The van der Waals surface area contributed by atoms with Gasteiger partial charge in [-0.2, -0.15) is 13.1 Å². The summed E-state index contributed by atoms with van der Waals surface area (Å²) in [5, 5.41) is 0. The van der Waals surface area contributed by atoms with Gasteiger partial charge < -0.3 is 14.2 Å². The van der Waals surface area contributed by atoms with Crippen LogP contribution in [0, 0.1) is 0 Å². The molecule has 4 rings (SSSR count). The third-order valence-corrected chi connectivity index (χ3v) is 7.89. The molecule has 29 heavy (non-hydrogen) atoms. The van der Waals surface area contributed by atoms with Crippen LogP contribution in [0.3, 0.4) is 0 Å². The maximum Gasteiger partial charge on any atom is 0.387 e. The highest BCUT2D eigenvalue weighted by Crippen LogP contribution is 2.34. The van der Waals surface area contributed by atoms with Gasteiger partial charge in [-0.3, -0.25) is 4.90 Å². The van der Waals surface area contributed by atoms with Crippen LogP contribution in [0.1, 0.15) is 19.3 Å². The number of rotatable bonds is 5. The van der Waals surface area contributed by atoms with Gasteiger partial charge in [-0.1, -0.05) is 0 Å². The van der Waals surface area contributed by atoms with E-state index in [1.807, 2.05) is 0 Å². The molecule has 1 atom stereocenters. The molecule has 162 valence electrons. The molecule has 1 aromatic carbocycles. The molecule has 0 radical (unpaired) electrons. The molecule has 10 heteroatoms. The number of alkyl halides is 2. The number of benzene rings is 1. The number of halogens is 2. The smallest absolute Gasteiger partial charge is 0.387 e. The van der Waals surface area contributed by atoms with Crippen molar-refractivity contribution in [1.82, 2.24) is 9.21 Å². The van der Waals surface area contributed by atoms with Crippen LogP contribution in [0.25, 0.3) is 0 Å². The fourth-order valence-electron chi connectivity index (χ4n) is 4.37. The molecule has 1 aromatic rings. The summed E-state index contributed by atoms with van der Waals surface area (Å²) in [4.78, 5) is 2.48. The zero-order chi connectivity index (χ0) is 20.5. The maximum absolute atomic E-state index is 13.1. The van der Waals surface area contributed by atoms with Crippen molar-refractivity contribution in [1.29, 1.82) is 0 Å². The van der Waals surface area contributed by atoms with E-state index in [2.05, 4.69) is 9.64 Å². The first-order valence-corrected chi connectivity index (χ1v) is 11.3. The molecule has 3 aliphatic rings. The van der Waals surface area contributed by atoms with E-state index in [1.165, 1.54) is 28.6 Å². The van der Waals surface area contributed by atoms with Crippen molar-refractivity contribution in [2.24, 2.45) is 0 Å².